The SMILES string of the molecule is COC(OC)C(C)Nc1cc([N+](=O)[O-])ccc1F. The van der Waals surface area contributed by atoms with E-state index in [1.165, 1.54) is 14.2 Å². The number of ether oxygens (including phenoxy) is 2. The number of hydrogen-bond acceptors (Lipinski definition) is 5. The van der Waals surface area contributed by atoms with Gasteiger partial charge in [-0.05, 0) is 13.0 Å². The Morgan fingerprint density at radius 1 is 1.39 bits per heavy atom. The van der Waals surface area contributed by atoms with Crippen LogP contribution in [-0.2, 0) is 9.47 Å². The van der Waals surface area contributed by atoms with Gasteiger partial charge in [0.15, 0.2) is 6.29 Å². The zero-order chi connectivity index (χ0) is 13.7. The quantitative estimate of drug-likeness (QED) is 0.481. The highest BCUT2D eigenvalue weighted by molar-refractivity contribution is 5.52. The molecule has 0 fully saturated rings. The molecule has 0 saturated carbocycles. The summed E-state index contributed by atoms with van der Waals surface area (Å²) in [4.78, 5) is 10.0. The third-order valence-electron chi connectivity index (χ3n) is 2.42. The second-order valence-corrected chi connectivity index (χ2v) is 3.69. The lowest BCUT2D eigenvalue weighted by molar-refractivity contribution is -0.384. The molecule has 0 bridgehead atoms. The van der Waals surface area contributed by atoms with E-state index in [1.54, 1.807) is 6.92 Å². The normalized spacial score (nSPS) is 12.5. The molecular formula is C11H15FN2O4. The summed E-state index contributed by atoms with van der Waals surface area (Å²) in [6.45, 7) is 1.72. The molecule has 0 saturated heterocycles. The van der Waals surface area contributed by atoms with Gasteiger partial charge >= 0.3 is 0 Å². The number of nitro benzene ring substituents is 1. The van der Waals surface area contributed by atoms with Crippen molar-refractivity contribution in [3.63, 3.8) is 0 Å². The van der Waals surface area contributed by atoms with E-state index >= 15 is 0 Å². The van der Waals surface area contributed by atoms with E-state index in [2.05, 4.69) is 5.32 Å². The highest BCUT2D eigenvalue weighted by Crippen LogP contribution is 2.22. The molecule has 1 atom stereocenters. The van der Waals surface area contributed by atoms with Crippen molar-refractivity contribution in [2.75, 3.05) is 19.5 Å². The minimum absolute atomic E-state index is 0.0378. The van der Waals surface area contributed by atoms with Gasteiger partial charge in [0.05, 0.1) is 16.7 Å². The Morgan fingerprint density at radius 2 is 2.00 bits per heavy atom. The summed E-state index contributed by atoms with van der Waals surface area (Å²) in [6, 6.07) is 2.92. The van der Waals surface area contributed by atoms with Gasteiger partial charge in [0, 0.05) is 26.4 Å². The average Bonchev–Trinajstić information content (AvgIpc) is 2.33. The molecule has 100 valence electrons. The Hall–Kier alpha value is -1.73. The first-order valence-electron chi connectivity index (χ1n) is 5.25. The Balaban J connectivity index is 2.89. The molecule has 0 heterocycles. The van der Waals surface area contributed by atoms with Gasteiger partial charge in [0.25, 0.3) is 5.69 Å². The van der Waals surface area contributed by atoms with E-state index in [0.29, 0.717) is 0 Å². The number of nitrogens with one attached hydrogen (secondary N) is 1. The number of anilines is 1. The lowest BCUT2D eigenvalue weighted by Gasteiger charge is -2.23. The first-order valence-corrected chi connectivity index (χ1v) is 5.25. The minimum atomic E-state index is -0.584. The largest absolute Gasteiger partial charge is 0.375 e. The topological polar surface area (TPSA) is 73.6 Å². The fourth-order valence-electron chi connectivity index (χ4n) is 1.56. The van der Waals surface area contributed by atoms with Gasteiger partial charge in [-0.1, -0.05) is 0 Å². The summed E-state index contributed by atoms with van der Waals surface area (Å²) in [5.41, 5.74) is -0.145. The van der Waals surface area contributed by atoms with Gasteiger partial charge < -0.3 is 14.8 Å². The summed E-state index contributed by atoms with van der Waals surface area (Å²) >= 11 is 0. The maximum Gasteiger partial charge on any atom is 0.271 e. The number of halogens is 1. The number of benzene rings is 1. The van der Waals surface area contributed by atoms with E-state index in [9.17, 15) is 14.5 Å². The van der Waals surface area contributed by atoms with Crippen LogP contribution in [0.1, 0.15) is 6.92 Å². The maximum atomic E-state index is 13.5. The van der Waals surface area contributed by atoms with Crippen molar-refractivity contribution in [3.8, 4) is 0 Å². The monoisotopic (exact) mass is 258 g/mol. The van der Waals surface area contributed by atoms with Crippen molar-refractivity contribution < 1.29 is 18.8 Å². The van der Waals surface area contributed by atoms with Crippen molar-refractivity contribution in [1.29, 1.82) is 0 Å². The van der Waals surface area contributed by atoms with Crippen LogP contribution in [0.15, 0.2) is 18.2 Å². The van der Waals surface area contributed by atoms with Gasteiger partial charge in [0.2, 0.25) is 0 Å². The lowest BCUT2D eigenvalue weighted by atomic mass is 10.2. The van der Waals surface area contributed by atoms with Gasteiger partial charge in [0.1, 0.15) is 5.82 Å². The molecule has 0 aliphatic rings. The smallest absolute Gasteiger partial charge is 0.271 e. The highest BCUT2D eigenvalue weighted by Gasteiger charge is 2.18. The minimum Gasteiger partial charge on any atom is -0.375 e. The maximum absolute atomic E-state index is 13.5. The van der Waals surface area contributed by atoms with E-state index < -0.39 is 17.0 Å². The Bertz CT molecular complexity index is 424. The second-order valence-electron chi connectivity index (χ2n) is 3.69. The fourth-order valence-corrected chi connectivity index (χ4v) is 1.56. The molecule has 1 aromatic carbocycles. The van der Waals surface area contributed by atoms with E-state index in [1.807, 2.05) is 0 Å². The molecule has 0 spiro atoms. The molecule has 0 amide bonds. The molecule has 6 nitrogen and oxygen atoms in total. The molecule has 0 aromatic heterocycles. The number of rotatable bonds is 6. The van der Waals surface area contributed by atoms with Crippen molar-refractivity contribution >= 4 is 11.4 Å². The van der Waals surface area contributed by atoms with Gasteiger partial charge in [-0.25, -0.2) is 4.39 Å². The Labute approximate surface area is 104 Å². The second kappa shape index (κ2) is 6.27. The lowest BCUT2D eigenvalue weighted by Crippen LogP contribution is -2.34. The van der Waals surface area contributed by atoms with Crippen molar-refractivity contribution in [2.24, 2.45) is 0 Å². The average molecular weight is 258 g/mol. The van der Waals surface area contributed by atoms with Crippen molar-refractivity contribution in [1.82, 2.24) is 0 Å². The van der Waals surface area contributed by atoms with Crippen LogP contribution in [0.4, 0.5) is 15.8 Å². The number of non-ortho nitro benzene ring substituents is 1. The van der Waals surface area contributed by atoms with E-state index in [4.69, 9.17) is 9.47 Å². The molecule has 1 rings (SSSR count). The van der Waals surface area contributed by atoms with Crippen LogP contribution in [0.5, 0.6) is 0 Å². The summed E-state index contributed by atoms with van der Waals surface area (Å²) in [7, 11) is 2.91. The predicted octanol–water partition coefficient (Wildman–Crippen LogP) is 2.15. The van der Waals surface area contributed by atoms with Gasteiger partial charge in [-0.3, -0.25) is 10.1 Å². The molecular weight excluding hydrogens is 243 g/mol. The van der Waals surface area contributed by atoms with E-state index in [-0.39, 0.29) is 17.4 Å². The van der Waals surface area contributed by atoms with Crippen LogP contribution < -0.4 is 5.32 Å². The standard InChI is InChI=1S/C11H15FN2O4/c1-7(11(17-2)18-3)13-10-6-8(14(15)16)4-5-9(10)12/h4-7,11,13H,1-3H3. The molecule has 0 aliphatic carbocycles. The first-order chi connectivity index (χ1) is 8.49. The van der Waals surface area contributed by atoms with Crippen LogP contribution in [0.25, 0.3) is 0 Å². The molecule has 1 aromatic rings. The third kappa shape index (κ3) is 3.38. The zero-order valence-corrected chi connectivity index (χ0v) is 10.3. The first kappa shape index (κ1) is 14.3. The summed E-state index contributed by atoms with van der Waals surface area (Å²) < 4.78 is 23.5. The fraction of sp³-hybridized carbons (Fsp3) is 0.455. The molecule has 1 unspecified atom stereocenters. The number of hydrogen-bond donors (Lipinski definition) is 1. The number of nitro groups is 1. The Morgan fingerprint density at radius 3 is 2.50 bits per heavy atom. The summed E-state index contributed by atoms with van der Waals surface area (Å²) in [6.07, 6.45) is -0.580. The molecule has 0 radical (unpaired) electrons. The molecule has 1 N–H and O–H groups in total. The molecule has 0 aliphatic heterocycles. The molecule has 18 heavy (non-hydrogen) atoms. The van der Waals surface area contributed by atoms with Crippen LogP contribution in [0.2, 0.25) is 0 Å². The van der Waals surface area contributed by atoms with E-state index in [0.717, 1.165) is 18.2 Å². The van der Waals surface area contributed by atoms with Gasteiger partial charge in [-0.15, -0.1) is 0 Å². The van der Waals surface area contributed by atoms with Crippen LogP contribution >= 0.6 is 0 Å². The Kier molecular flexibility index (Phi) is 4.99. The van der Waals surface area contributed by atoms with Crippen molar-refractivity contribution in [2.45, 2.75) is 19.3 Å². The third-order valence-corrected chi connectivity index (χ3v) is 2.42. The summed E-state index contributed by atoms with van der Waals surface area (Å²) in [5, 5.41) is 13.4. The van der Waals surface area contributed by atoms with Crippen LogP contribution in [0.3, 0.4) is 0 Å². The highest BCUT2D eigenvalue weighted by atomic mass is 19.1. The zero-order valence-electron chi connectivity index (χ0n) is 10.3. The van der Waals surface area contributed by atoms with Crippen LogP contribution in [0, 0.1) is 15.9 Å². The number of nitrogens with zero attached hydrogens (tertiary/aromatic N) is 1. The van der Waals surface area contributed by atoms with Gasteiger partial charge in [-0.2, -0.15) is 0 Å². The predicted molar refractivity (Wildman–Crippen MR) is 63.9 cm³/mol. The summed E-state index contributed by atoms with van der Waals surface area (Å²) in [5.74, 6) is -0.571. The van der Waals surface area contributed by atoms with Crippen molar-refractivity contribution in [3.05, 3.63) is 34.1 Å². The molecule has 7 heteroatoms. The van der Waals surface area contributed by atoms with Crippen LogP contribution in [-0.4, -0.2) is 31.5 Å². The number of methoxy groups -OCH3 is 2.